The summed E-state index contributed by atoms with van der Waals surface area (Å²) in [6.45, 7) is 0.384. The van der Waals surface area contributed by atoms with E-state index in [4.69, 9.17) is 0 Å². The quantitative estimate of drug-likeness (QED) is 0.840. The Morgan fingerprint density at radius 1 is 1.43 bits per heavy atom. The fourth-order valence-corrected chi connectivity index (χ4v) is 5.93. The number of nitrogens with zero attached hydrogens (tertiary/aromatic N) is 3. The van der Waals surface area contributed by atoms with Crippen LogP contribution in [0.2, 0.25) is 0 Å². The Labute approximate surface area is 132 Å². The molecule has 2 aliphatic heterocycles. The van der Waals surface area contributed by atoms with Gasteiger partial charge in [0.25, 0.3) is 12.3 Å². The number of sulfone groups is 1. The van der Waals surface area contributed by atoms with Crippen LogP contribution in [0.25, 0.3) is 0 Å². The van der Waals surface area contributed by atoms with Gasteiger partial charge in [-0.3, -0.25) is 9.89 Å². The summed E-state index contributed by atoms with van der Waals surface area (Å²) in [7, 11) is 0.372. The molecule has 0 bridgehead atoms. The van der Waals surface area contributed by atoms with Crippen molar-refractivity contribution in [2.75, 3.05) is 32.9 Å². The number of carbonyl (C=O) groups is 1. The Bertz CT molecular complexity index is 719. The molecule has 0 unspecified atom stereocenters. The molecule has 2 aliphatic rings. The number of nitrogens with one attached hydrogen (secondary N) is 1. The van der Waals surface area contributed by atoms with Crippen molar-refractivity contribution >= 4 is 15.7 Å². The second kappa shape index (κ2) is 5.52. The van der Waals surface area contributed by atoms with Crippen LogP contribution in [0.1, 0.15) is 22.6 Å². The number of likely N-dealkylation sites (tertiary alicyclic amines) is 1. The monoisotopic (exact) mass is 348 g/mol. The summed E-state index contributed by atoms with van der Waals surface area (Å²) in [6.07, 6.45) is -2.74. The number of hydrogen-bond acceptors (Lipinski definition) is 5. The molecular weight excluding hydrogens is 330 g/mol. The summed E-state index contributed by atoms with van der Waals surface area (Å²) in [5.74, 6) is -0.585. The van der Waals surface area contributed by atoms with Gasteiger partial charge in [0.1, 0.15) is 5.69 Å². The van der Waals surface area contributed by atoms with E-state index in [2.05, 4.69) is 10.2 Å². The molecule has 2 fully saturated rings. The van der Waals surface area contributed by atoms with Crippen LogP contribution in [-0.4, -0.2) is 78.6 Å². The zero-order valence-corrected chi connectivity index (χ0v) is 13.6. The fraction of sp³-hybridized carbons (Fsp3) is 0.692. The van der Waals surface area contributed by atoms with Gasteiger partial charge in [0.05, 0.1) is 11.0 Å². The van der Waals surface area contributed by atoms with E-state index in [0.717, 1.165) is 6.07 Å². The standard InChI is InChI=1S/C13H18F2N4O3S/c1-18(2)10-6-23(21,22)11-5-19(4-7(10)11)13(20)9-3-8(12(14)15)16-17-9/h3,7,10-12H,4-6H2,1-2H3,(H,16,17)/t7-,10+,11-/m0/s1. The van der Waals surface area contributed by atoms with Gasteiger partial charge >= 0.3 is 0 Å². The van der Waals surface area contributed by atoms with Crippen LogP contribution in [0.5, 0.6) is 0 Å². The molecule has 128 valence electrons. The van der Waals surface area contributed by atoms with E-state index in [1.165, 1.54) is 4.90 Å². The van der Waals surface area contributed by atoms with Gasteiger partial charge in [0.2, 0.25) is 0 Å². The molecule has 0 radical (unpaired) electrons. The first-order valence-electron chi connectivity index (χ1n) is 7.21. The molecular formula is C13H18F2N4O3S. The lowest BCUT2D eigenvalue weighted by Crippen LogP contribution is -2.38. The number of alkyl halides is 2. The molecule has 3 atom stereocenters. The van der Waals surface area contributed by atoms with Crippen molar-refractivity contribution in [2.24, 2.45) is 5.92 Å². The first-order chi connectivity index (χ1) is 10.7. The topological polar surface area (TPSA) is 86.4 Å². The van der Waals surface area contributed by atoms with E-state index < -0.39 is 33.1 Å². The number of halogens is 2. The zero-order chi connectivity index (χ0) is 16.9. The van der Waals surface area contributed by atoms with Gasteiger partial charge in [-0.2, -0.15) is 5.10 Å². The minimum Gasteiger partial charge on any atom is -0.336 e. The Morgan fingerprint density at radius 2 is 2.13 bits per heavy atom. The molecule has 1 aromatic heterocycles. The maximum atomic E-state index is 12.6. The lowest BCUT2D eigenvalue weighted by atomic mass is 10.00. The highest BCUT2D eigenvalue weighted by Gasteiger charge is 2.53. The summed E-state index contributed by atoms with van der Waals surface area (Å²) in [6, 6.07) is 0.873. The van der Waals surface area contributed by atoms with Crippen molar-refractivity contribution < 1.29 is 22.0 Å². The minimum absolute atomic E-state index is 0.0903. The van der Waals surface area contributed by atoms with Crippen molar-refractivity contribution in [1.29, 1.82) is 0 Å². The average Bonchev–Trinajstić information content (AvgIpc) is 3.14. The average molecular weight is 348 g/mol. The highest BCUT2D eigenvalue weighted by molar-refractivity contribution is 7.92. The van der Waals surface area contributed by atoms with Crippen LogP contribution in [-0.2, 0) is 9.84 Å². The summed E-state index contributed by atoms with van der Waals surface area (Å²) in [5.41, 5.74) is -0.536. The summed E-state index contributed by atoms with van der Waals surface area (Å²) in [4.78, 5) is 15.6. The first-order valence-corrected chi connectivity index (χ1v) is 8.93. The third-order valence-corrected chi connectivity index (χ3v) is 6.90. The van der Waals surface area contributed by atoms with Gasteiger partial charge in [-0.1, -0.05) is 0 Å². The van der Waals surface area contributed by atoms with Crippen LogP contribution in [0.4, 0.5) is 8.78 Å². The molecule has 1 aromatic rings. The van der Waals surface area contributed by atoms with Crippen LogP contribution in [0, 0.1) is 5.92 Å². The number of fused-ring (bicyclic) bond motifs is 1. The van der Waals surface area contributed by atoms with Crippen molar-refractivity contribution in [3.63, 3.8) is 0 Å². The predicted molar refractivity (Wildman–Crippen MR) is 78.0 cm³/mol. The van der Waals surface area contributed by atoms with Crippen LogP contribution in [0.3, 0.4) is 0 Å². The van der Waals surface area contributed by atoms with E-state index in [9.17, 15) is 22.0 Å². The van der Waals surface area contributed by atoms with Crippen molar-refractivity contribution in [3.8, 4) is 0 Å². The maximum absolute atomic E-state index is 12.6. The first kappa shape index (κ1) is 16.3. The predicted octanol–water partition coefficient (Wildman–Crippen LogP) is 0.147. The molecule has 10 heteroatoms. The van der Waals surface area contributed by atoms with Crippen molar-refractivity contribution in [3.05, 3.63) is 17.5 Å². The third-order valence-electron chi connectivity index (χ3n) is 4.67. The van der Waals surface area contributed by atoms with Gasteiger partial charge < -0.3 is 9.80 Å². The molecule has 0 spiro atoms. The molecule has 0 saturated carbocycles. The molecule has 23 heavy (non-hydrogen) atoms. The summed E-state index contributed by atoms with van der Waals surface area (Å²) >= 11 is 0. The second-order valence-electron chi connectivity index (χ2n) is 6.28. The Balaban J connectivity index is 1.80. The molecule has 1 N–H and O–H groups in total. The molecule has 2 saturated heterocycles. The molecule has 3 rings (SSSR count). The van der Waals surface area contributed by atoms with E-state index in [0.29, 0.717) is 6.54 Å². The van der Waals surface area contributed by atoms with Gasteiger partial charge in [-0.15, -0.1) is 0 Å². The van der Waals surface area contributed by atoms with E-state index in [1.54, 1.807) is 0 Å². The Hall–Kier alpha value is -1.55. The van der Waals surface area contributed by atoms with Gasteiger partial charge in [0, 0.05) is 25.0 Å². The van der Waals surface area contributed by atoms with Crippen LogP contribution in [0.15, 0.2) is 6.07 Å². The molecule has 1 amide bonds. The Kier molecular flexibility index (Phi) is 3.91. The van der Waals surface area contributed by atoms with Crippen molar-refractivity contribution in [1.82, 2.24) is 20.0 Å². The SMILES string of the molecule is CN(C)[C@@H]1CS(=O)(=O)[C@H]2CN(C(=O)c3cc(C(F)F)[nH]n3)C[C@@H]12. The molecule has 0 aromatic carbocycles. The number of H-pyrrole nitrogens is 1. The van der Waals surface area contributed by atoms with E-state index in [1.807, 2.05) is 19.0 Å². The molecule has 0 aliphatic carbocycles. The number of carbonyl (C=O) groups excluding carboxylic acids is 1. The number of aromatic amines is 1. The minimum atomic E-state index is -3.26. The molecule has 3 heterocycles. The third kappa shape index (κ3) is 2.74. The smallest absolute Gasteiger partial charge is 0.279 e. The van der Waals surface area contributed by atoms with E-state index >= 15 is 0 Å². The number of aromatic nitrogens is 2. The normalized spacial score (nSPS) is 29.5. The summed E-state index contributed by atoms with van der Waals surface area (Å²) in [5, 5.41) is 5.15. The number of hydrogen-bond donors (Lipinski definition) is 1. The van der Waals surface area contributed by atoms with E-state index in [-0.39, 0.29) is 30.0 Å². The van der Waals surface area contributed by atoms with Gasteiger partial charge in [-0.25, -0.2) is 17.2 Å². The van der Waals surface area contributed by atoms with Gasteiger partial charge in [-0.05, 0) is 20.2 Å². The Morgan fingerprint density at radius 3 is 2.70 bits per heavy atom. The fourth-order valence-electron chi connectivity index (χ4n) is 3.45. The lowest BCUT2D eigenvalue weighted by molar-refractivity contribution is 0.0773. The van der Waals surface area contributed by atoms with Gasteiger partial charge in [0.15, 0.2) is 15.5 Å². The summed E-state index contributed by atoms with van der Waals surface area (Å²) < 4.78 is 49.7. The second-order valence-corrected chi connectivity index (χ2v) is 8.55. The highest BCUT2D eigenvalue weighted by Crippen LogP contribution is 2.36. The number of amides is 1. The largest absolute Gasteiger partial charge is 0.336 e. The maximum Gasteiger partial charge on any atom is 0.279 e. The van der Waals surface area contributed by atoms with Crippen LogP contribution >= 0.6 is 0 Å². The van der Waals surface area contributed by atoms with Crippen molar-refractivity contribution in [2.45, 2.75) is 17.7 Å². The highest BCUT2D eigenvalue weighted by atomic mass is 32.2. The lowest BCUT2D eigenvalue weighted by Gasteiger charge is -2.24. The molecule has 7 nitrogen and oxygen atoms in total. The number of rotatable bonds is 3. The zero-order valence-electron chi connectivity index (χ0n) is 12.7. The van der Waals surface area contributed by atoms with Crippen LogP contribution < -0.4 is 0 Å².